The summed E-state index contributed by atoms with van der Waals surface area (Å²) >= 11 is 0. The standard InChI is InChI=1S/C17H11N5O3/c18-10-15-17(25-16(20-15)13-6-2-1-3-7-13)21-19-11-12-5-4-8-14(9-12)22(23)24/h1-9,11,21H. The Morgan fingerprint density at radius 2 is 2.04 bits per heavy atom. The second kappa shape index (κ2) is 7.06. The number of nitro groups is 1. The average molecular weight is 333 g/mol. The molecule has 0 amide bonds. The number of anilines is 1. The Labute approximate surface area is 142 Å². The van der Waals surface area contributed by atoms with Crippen molar-refractivity contribution >= 4 is 17.8 Å². The van der Waals surface area contributed by atoms with Crippen molar-refractivity contribution in [3.05, 3.63) is 76.0 Å². The van der Waals surface area contributed by atoms with Gasteiger partial charge in [0, 0.05) is 23.3 Å². The molecule has 0 aliphatic carbocycles. The summed E-state index contributed by atoms with van der Waals surface area (Å²) in [7, 11) is 0. The number of nitrogens with zero attached hydrogens (tertiary/aromatic N) is 4. The summed E-state index contributed by atoms with van der Waals surface area (Å²) in [5.41, 5.74) is 3.89. The summed E-state index contributed by atoms with van der Waals surface area (Å²) < 4.78 is 5.52. The normalized spacial score (nSPS) is 10.5. The van der Waals surface area contributed by atoms with Gasteiger partial charge < -0.3 is 4.42 Å². The largest absolute Gasteiger partial charge is 0.417 e. The molecule has 122 valence electrons. The van der Waals surface area contributed by atoms with Gasteiger partial charge in [0.1, 0.15) is 6.07 Å². The first-order valence-electron chi connectivity index (χ1n) is 7.17. The Bertz CT molecular complexity index is 973. The molecule has 2 aromatic carbocycles. The Morgan fingerprint density at radius 1 is 1.24 bits per heavy atom. The molecule has 0 saturated carbocycles. The predicted octanol–water partition coefficient (Wildman–Crippen LogP) is 3.57. The molecule has 8 nitrogen and oxygen atoms in total. The summed E-state index contributed by atoms with van der Waals surface area (Å²) in [6.45, 7) is 0. The van der Waals surface area contributed by atoms with Gasteiger partial charge in [-0.05, 0) is 12.1 Å². The van der Waals surface area contributed by atoms with Crippen molar-refractivity contribution in [3.8, 4) is 17.5 Å². The Hall–Kier alpha value is -3.99. The zero-order chi connectivity index (χ0) is 17.6. The molecule has 0 unspecified atom stereocenters. The van der Waals surface area contributed by atoms with Gasteiger partial charge >= 0.3 is 0 Å². The highest BCUT2D eigenvalue weighted by Crippen LogP contribution is 2.25. The van der Waals surface area contributed by atoms with Gasteiger partial charge in [0.15, 0.2) is 0 Å². The van der Waals surface area contributed by atoms with Crippen molar-refractivity contribution in [2.75, 3.05) is 5.43 Å². The van der Waals surface area contributed by atoms with Crippen molar-refractivity contribution in [1.29, 1.82) is 5.26 Å². The number of oxazole rings is 1. The van der Waals surface area contributed by atoms with Gasteiger partial charge in [0.05, 0.1) is 11.1 Å². The molecule has 0 fully saturated rings. The van der Waals surface area contributed by atoms with Gasteiger partial charge in [-0.3, -0.25) is 10.1 Å². The van der Waals surface area contributed by atoms with Gasteiger partial charge in [0.25, 0.3) is 11.6 Å². The van der Waals surface area contributed by atoms with E-state index in [0.717, 1.165) is 5.56 Å². The van der Waals surface area contributed by atoms with Crippen LogP contribution in [-0.2, 0) is 0 Å². The summed E-state index contributed by atoms with van der Waals surface area (Å²) in [6.07, 6.45) is 1.39. The van der Waals surface area contributed by atoms with Gasteiger partial charge in [-0.15, -0.1) is 0 Å². The third-order valence-electron chi connectivity index (χ3n) is 3.21. The van der Waals surface area contributed by atoms with E-state index < -0.39 is 4.92 Å². The van der Waals surface area contributed by atoms with Crippen LogP contribution in [0, 0.1) is 21.4 Å². The molecule has 3 aromatic rings. The highest BCUT2D eigenvalue weighted by atomic mass is 16.6. The van der Waals surface area contributed by atoms with Crippen molar-refractivity contribution in [2.45, 2.75) is 0 Å². The molecule has 1 heterocycles. The van der Waals surface area contributed by atoms with E-state index in [-0.39, 0.29) is 17.3 Å². The molecule has 0 bridgehead atoms. The second-order valence-corrected chi connectivity index (χ2v) is 4.90. The lowest BCUT2D eigenvalue weighted by molar-refractivity contribution is -0.384. The molecule has 25 heavy (non-hydrogen) atoms. The predicted molar refractivity (Wildman–Crippen MR) is 91.0 cm³/mol. The van der Waals surface area contributed by atoms with Crippen LogP contribution in [0.25, 0.3) is 11.5 Å². The Kier molecular flexibility index (Phi) is 4.49. The SMILES string of the molecule is N#Cc1nc(-c2ccccc2)oc1NN=Cc1cccc([N+](=O)[O-])c1. The first-order chi connectivity index (χ1) is 12.2. The number of aromatic nitrogens is 1. The van der Waals surface area contributed by atoms with Gasteiger partial charge in [-0.2, -0.15) is 15.3 Å². The molecule has 0 aliphatic heterocycles. The van der Waals surface area contributed by atoms with Crippen LogP contribution in [0.5, 0.6) is 0 Å². The molecular weight excluding hydrogens is 322 g/mol. The molecular formula is C17H11N5O3. The lowest BCUT2D eigenvalue weighted by Crippen LogP contribution is -1.93. The minimum Gasteiger partial charge on any atom is -0.417 e. The average Bonchev–Trinajstić information content (AvgIpc) is 3.06. The second-order valence-electron chi connectivity index (χ2n) is 4.90. The van der Waals surface area contributed by atoms with Crippen molar-refractivity contribution in [3.63, 3.8) is 0 Å². The van der Waals surface area contributed by atoms with Crippen molar-refractivity contribution in [1.82, 2.24) is 4.98 Å². The van der Waals surface area contributed by atoms with Crippen molar-refractivity contribution < 1.29 is 9.34 Å². The van der Waals surface area contributed by atoms with Crippen molar-refractivity contribution in [2.24, 2.45) is 5.10 Å². The number of hydrogen-bond donors (Lipinski definition) is 1. The minimum absolute atomic E-state index is 0.0345. The number of nitriles is 1. The van der Waals surface area contributed by atoms with E-state index in [4.69, 9.17) is 9.68 Å². The molecule has 3 rings (SSSR count). The Morgan fingerprint density at radius 3 is 2.76 bits per heavy atom. The highest BCUT2D eigenvalue weighted by molar-refractivity contribution is 5.81. The lowest BCUT2D eigenvalue weighted by Gasteiger charge is -1.96. The maximum absolute atomic E-state index is 10.8. The summed E-state index contributed by atoms with van der Waals surface area (Å²) in [6, 6.07) is 17.1. The van der Waals surface area contributed by atoms with Gasteiger partial charge in [-0.25, -0.2) is 5.43 Å². The smallest absolute Gasteiger partial charge is 0.270 e. The molecule has 1 aromatic heterocycles. The fourth-order valence-corrected chi connectivity index (χ4v) is 2.06. The summed E-state index contributed by atoms with van der Waals surface area (Å²) in [5, 5.41) is 23.9. The molecule has 0 aliphatic rings. The number of hydrazone groups is 1. The maximum atomic E-state index is 10.8. The third-order valence-corrected chi connectivity index (χ3v) is 3.21. The van der Waals surface area contributed by atoms with Crippen LogP contribution in [0.15, 0.2) is 64.1 Å². The van der Waals surface area contributed by atoms with Crippen LogP contribution in [-0.4, -0.2) is 16.1 Å². The molecule has 8 heteroatoms. The van der Waals surface area contributed by atoms with Gasteiger partial charge in [0.2, 0.25) is 11.6 Å². The number of nitrogens with one attached hydrogen (secondary N) is 1. The summed E-state index contributed by atoms with van der Waals surface area (Å²) in [5.74, 6) is 0.397. The zero-order valence-corrected chi connectivity index (χ0v) is 12.8. The van der Waals surface area contributed by atoms with E-state index in [9.17, 15) is 10.1 Å². The third kappa shape index (κ3) is 3.68. The first-order valence-corrected chi connectivity index (χ1v) is 7.17. The van der Waals surface area contributed by atoms with Crippen LogP contribution in [0.2, 0.25) is 0 Å². The summed E-state index contributed by atoms with van der Waals surface area (Å²) in [4.78, 5) is 14.4. The van der Waals surface area contributed by atoms with E-state index >= 15 is 0 Å². The topological polar surface area (TPSA) is 117 Å². The number of non-ortho nitro benzene ring substituents is 1. The Balaban J connectivity index is 1.79. The van der Waals surface area contributed by atoms with E-state index in [0.29, 0.717) is 11.5 Å². The fourth-order valence-electron chi connectivity index (χ4n) is 2.06. The number of benzene rings is 2. The fraction of sp³-hybridized carbons (Fsp3) is 0. The first kappa shape index (κ1) is 15.9. The lowest BCUT2D eigenvalue weighted by atomic mass is 10.2. The molecule has 0 saturated heterocycles. The number of hydrogen-bond acceptors (Lipinski definition) is 7. The van der Waals surface area contributed by atoms with E-state index in [1.165, 1.54) is 18.3 Å². The zero-order valence-electron chi connectivity index (χ0n) is 12.8. The maximum Gasteiger partial charge on any atom is 0.270 e. The molecule has 0 spiro atoms. The molecule has 0 atom stereocenters. The van der Waals surface area contributed by atoms with Gasteiger partial charge in [-0.1, -0.05) is 30.3 Å². The molecule has 0 radical (unpaired) electrons. The van der Waals surface area contributed by atoms with Crippen LogP contribution >= 0.6 is 0 Å². The number of rotatable bonds is 5. The molecule has 1 N–H and O–H groups in total. The highest BCUT2D eigenvalue weighted by Gasteiger charge is 2.13. The van der Waals surface area contributed by atoms with Crippen LogP contribution < -0.4 is 5.43 Å². The van der Waals surface area contributed by atoms with E-state index in [2.05, 4.69) is 15.5 Å². The van der Waals surface area contributed by atoms with E-state index in [1.807, 2.05) is 36.4 Å². The number of nitro benzene ring substituents is 1. The monoisotopic (exact) mass is 333 g/mol. The van der Waals surface area contributed by atoms with E-state index in [1.54, 1.807) is 12.1 Å². The van der Waals surface area contributed by atoms with Crippen LogP contribution in [0.1, 0.15) is 11.3 Å². The van der Waals surface area contributed by atoms with Crippen LogP contribution in [0.4, 0.5) is 11.6 Å². The quantitative estimate of drug-likeness (QED) is 0.433. The van der Waals surface area contributed by atoms with Crippen LogP contribution in [0.3, 0.4) is 0 Å². The minimum atomic E-state index is -0.485.